The number of hydrogen-bond acceptors (Lipinski definition) is 2. The lowest BCUT2D eigenvalue weighted by molar-refractivity contribution is -0.239. The van der Waals surface area contributed by atoms with Gasteiger partial charge in [0.15, 0.2) is 0 Å². The Morgan fingerprint density at radius 1 is 0.686 bits per heavy atom. The van der Waals surface area contributed by atoms with Crippen LogP contribution in [-0.4, -0.2) is 12.4 Å². The second kappa shape index (κ2) is 12.3. The highest BCUT2D eigenvalue weighted by molar-refractivity contribution is 5.85. The zero-order valence-electron chi connectivity index (χ0n) is 32.3. The predicted octanol–water partition coefficient (Wildman–Crippen LogP) is 12.2. The van der Waals surface area contributed by atoms with Crippen molar-refractivity contribution in [3.63, 3.8) is 0 Å². The monoisotopic (exact) mass is 682 g/mol. The summed E-state index contributed by atoms with van der Waals surface area (Å²) in [6.45, 7) is 20.4. The van der Waals surface area contributed by atoms with Crippen molar-refractivity contribution in [2.45, 2.75) is 111 Å². The first-order chi connectivity index (χ1) is 24.3. The molecular formula is C49H62O2. The third-order valence-corrected chi connectivity index (χ3v) is 17.1. The third-order valence-electron chi connectivity index (χ3n) is 17.1. The Labute approximate surface area is 308 Å². The van der Waals surface area contributed by atoms with Gasteiger partial charge in [-0.15, -0.1) is 0 Å². The number of hydrogen-bond donors (Lipinski definition) is 0. The van der Waals surface area contributed by atoms with Crippen LogP contribution in [0.4, 0.5) is 0 Å². The van der Waals surface area contributed by atoms with Gasteiger partial charge in [0.1, 0.15) is 11.4 Å². The topological polar surface area (TPSA) is 26.3 Å². The summed E-state index contributed by atoms with van der Waals surface area (Å²) >= 11 is 0. The zero-order valence-corrected chi connectivity index (χ0v) is 32.3. The number of rotatable bonds is 7. The van der Waals surface area contributed by atoms with E-state index in [9.17, 15) is 4.79 Å². The number of Topliss-reactive ketones (excluding diaryl/α,β-unsaturated/α-hetero) is 1. The van der Waals surface area contributed by atoms with E-state index in [0.717, 1.165) is 19.4 Å². The SMILES string of the molecule is C=C(C)C1CC[C@]2(COC(c3ccccc3)(c3ccccc3)c3ccccc3)CC[C@]3(C)[C@H](CC[C@@H]4[C@@]5(C)CCC(=O)C(C)(C)[C@@H]5CC[C@]43C)C12. The lowest BCUT2D eigenvalue weighted by Crippen LogP contribution is -2.66. The molecule has 51 heavy (non-hydrogen) atoms. The predicted molar refractivity (Wildman–Crippen MR) is 209 cm³/mol. The Kier molecular flexibility index (Phi) is 8.46. The highest BCUT2D eigenvalue weighted by Crippen LogP contribution is 2.77. The Balaban J connectivity index is 1.19. The first kappa shape index (κ1) is 35.1. The van der Waals surface area contributed by atoms with Crippen LogP contribution >= 0.6 is 0 Å². The molecule has 5 aliphatic rings. The summed E-state index contributed by atoms with van der Waals surface area (Å²) in [5.41, 5.74) is 4.93. The van der Waals surface area contributed by atoms with Gasteiger partial charge in [-0.3, -0.25) is 4.79 Å². The molecule has 0 saturated heterocycles. The normalized spacial score (nSPS) is 38.5. The van der Waals surface area contributed by atoms with Gasteiger partial charge in [0, 0.05) is 11.8 Å². The van der Waals surface area contributed by atoms with Gasteiger partial charge in [0.05, 0.1) is 6.61 Å². The van der Waals surface area contributed by atoms with Crippen molar-refractivity contribution in [3.8, 4) is 0 Å². The molecule has 0 aromatic heterocycles. The molecular weight excluding hydrogens is 621 g/mol. The number of ketones is 1. The van der Waals surface area contributed by atoms with Crippen LogP contribution in [-0.2, 0) is 15.1 Å². The minimum atomic E-state index is -0.701. The molecule has 0 amide bonds. The number of ether oxygens (including phenoxy) is 1. The van der Waals surface area contributed by atoms with Gasteiger partial charge in [0.25, 0.3) is 0 Å². The van der Waals surface area contributed by atoms with Crippen LogP contribution in [0.5, 0.6) is 0 Å². The average molecular weight is 683 g/mol. The van der Waals surface area contributed by atoms with E-state index >= 15 is 0 Å². The van der Waals surface area contributed by atoms with Gasteiger partial charge in [0.2, 0.25) is 0 Å². The van der Waals surface area contributed by atoms with Gasteiger partial charge >= 0.3 is 0 Å². The second-order valence-electron chi connectivity index (χ2n) is 19.3. The summed E-state index contributed by atoms with van der Waals surface area (Å²) in [6, 6.07) is 32.9. The molecule has 0 heterocycles. The molecule has 0 aliphatic heterocycles. The summed E-state index contributed by atoms with van der Waals surface area (Å²) in [6.07, 6.45) is 11.8. The molecule has 5 saturated carbocycles. The van der Waals surface area contributed by atoms with E-state index in [2.05, 4.69) is 139 Å². The van der Waals surface area contributed by atoms with Crippen LogP contribution < -0.4 is 0 Å². The van der Waals surface area contributed by atoms with E-state index in [1.807, 2.05) is 0 Å². The molecule has 9 atom stereocenters. The van der Waals surface area contributed by atoms with E-state index in [1.165, 1.54) is 73.6 Å². The quantitative estimate of drug-likeness (QED) is 0.183. The molecule has 0 N–H and O–H groups in total. The molecule has 3 aromatic carbocycles. The minimum Gasteiger partial charge on any atom is -0.360 e. The molecule has 270 valence electrons. The van der Waals surface area contributed by atoms with Crippen molar-refractivity contribution >= 4 is 5.78 Å². The molecule has 2 unspecified atom stereocenters. The summed E-state index contributed by atoms with van der Waals surface area (Å²) in [5.74, 6) is 3.43. The zero-order chi connectivity index (χ0) is 35.9. The van der Waals surface area contributed by atoms with E-state index < -0.39 is 5.60 Å². The molecule has 3 aromatic rings. The summed E-state index contributed by atoms with van der Waals surface area (Å²) in [5, 5.41) is 0. The fourth-order valence-electron chi connectivity index (χ4n) is 14.4. The van der Waals surface area contributed by atoms with Crippen molar-refractivity contribution in [2.75, 3.05) is 6.61 Å². The molecule has 0 spiro atoms. The molecule has 5 fully saturated rings. The van der Waals surface area contributed by atoms with Gasteiger partial charge in [-0.1, -0.05) is 138 Å². The molecule has 0 bridgehead atoms. The largest absolute Gasteiger partial charge is 0.360 e. The van der Waals surface area contributed by atoms with Gasteiger partial charge in [-0.25, -0.2) is 0 Å². The van der Waals surface area contributed by atoms with Crippen LogP contribution in [0.1, 0.15) is 122 Å². The van der Waals surface area contributed by atoms with Crippen molar-refractivity contribution in [2.24, 2.45) is 56.7 Å². The van der Waals surface area contributed by atoms with Crippen molar-refractivity contribution in [1.82, 2.24) is 0 Å². The van der Waals surface area contributed by atoms with Crippen molar-refractivity contribution in [3.05, 3.63) is 120 Å². The van der Waals surface area contributed by atoms with Crippen LogP contribution in [0.3, 0.4) is 0 Å². The smallest absolute Gasteiger partial charge is 0.143 e. The number of allylic oxidation sites excluding steroid dienone is 1. The lowest BCUT2D eigenvalue weighted by atomic mass is 9.32. The Bertz CT molecular complexity index is 1660. The summed E-state index contributed by atoms with van der Waals surface area (Å²) in [7, 11) is 0. The summed E-state index contributed by atoms with van der Waals surface area (Å²) in [4.78, 5) is 13.3. The maximum atomic E-state index is 13.3. The van der Waals surface area contributed by atoms with Gasteiger partial charge in [-0.05, 0) is 133 Å². The number of benzene rings is 3. The Morgan fingerprint density at radius 2 is 1.25 bits per heavy atom. The lowest BCUT2D eigenvalue weighted by Gasteiger charge is -2.72. The highest BCUT2D eigenvalue weighted by atomic mass is 16.5. The summed E-state index contributed by atoms with van der Waals surface area (Å²) < 4.78 is 7.76. The van der Waals surface area contributed by atoms with Crippen molar-refractivity contribution in [1.29, 1.82) is 0 Å². The fraction of sp³-hybridized carbons (Fsp3) is 0.571. The van der Waals surface area contributed by atoms with E-state index in [1.54, 1.807) is 0 Å². The van der Waals surface area contributed by atoms with Crippen LogP contribution in [0, 0.1) is 56.7 Å². The first-order valence-electron chi connectivity index (χ1n) is 20.3. The van der Waals surface area contributed by atoms with Crippen LogP contribution in [0.25, 0.3) is 0 Å². The highest BCUT2D eigenvalue weighted by Gasteiger charge is 2.71. The molecule has 8 rings (SSSR count). The maximum absolute atomic E-state index is 13.3. The minimum absolute atomic E-state index is 0.112. The van der Waals surface area contributed by atoms with E-state index in [-0.39, 0.29) is 27.1 Å². The fourth-order valence-corrected chi connectivity index (χ4v) is 14.4. The Morgan fingerprint density at radius 3 is 1.80 bits per heavy atom. The first-order valence-corrected chi connectivity index (χ1v) is 20.3. The number of carbonyl (C=O) groups is 1. The number of fused-ring (bicyclic) bond motifs is 7. The van der Waals surface area contributed by atoms with E-state index in [0.29, 0.717) is 35.4 Å². The van der Waals surface area contributed by atoms with Crippen molar-refractivity contribution < 1.29 is 9.53 Å². The number of carbonyl (C=O) groups excluding carboxylic acids is 1. The molecule has 2 nitrogen and oxygen atoms in total. The second-order valence-corrected chi connectivity index (χ2v) is 19.3. The molecule has 0 radical (unpaired) electrons. The molecule has 5 aliphatic carbocycles. The maximum Gasteiger partial charge on any atom is 0.143 e. The van der Waals surface area contributed by atoms with Crippen LogP contribution in [0.15, 0.2) is 103 Å². The van der Waals surface area contributed by atoms with E-state index in [4.69, 9.17) is 4.74 Å². The van der Waals surface area contributed by atoms with Crippen LogP contribution in [0.2, 0.25) is 0 Å². The third kappa shape index (κ3) is 4.93. The molecule has 2 heteroatoms. The Hall–Kier alpha value is -2.97. The average Bonchev–Trinajstić information content (AvgIpc) is 3.52. The standard InChI is InChI=1S/C49H62O2/c1-34(2)38-25-30-48(33-51-49(35-17-11-8-12-18-35,36-19-13-9-14-20-36)37-21-15-10-16-22-37)32-31-46(6)39(43(38)48)23-24-41-45(5)28-27-42(50)44(3,4)40(45)26-29-47(41,46)7/h8-22,38-41,43H,1,23-33H2,2-7H3/t38?,39-,40+,41-,43?,45+,46-,47-,48-/m1/s1. The van der Waals surface area contributed by atoms with Gasteiger partial charge < -0.3 is 4.74 Å². The van der Waals surface area contributed by atoms with Gasteiger partial charge in [-0.2, -0.15) is 0 Å².